The van der Waals surface area contributed by atoms with Crippen molar-refractivity contribution in [2.24, 2.45) is 0 Å². The number of anilines is 1. The van der Waals surface area contributed by atoms with Gasteiger partial charge in [0.15, 0.2) is 0 Å². The molecule has 7 heteroatoms. The van der Waals surface area contributed by atoms with E-state index in [2.05, 4.69) is 0 Å². The van der Waals surface area contributed by atoms with Crippen molar-refractivity contribution in [2.75, 3.05) is 38.2 Å². The number of carbonyl (C=O) groups is 2. The van der Waals surface area contributed by atoms with Gasteiger partial charge in [-0.25, -0.2) is 9.18 Å². The van der Waals surface area contributed by atoms with Gasteiger partial charge in [-0.2, -0.15) is 0 Å². The Kier molecular flexibility index (Phi) is 5.96. The Bertz CT molecular complexity index is 851. The number of methoxy groups -OCH3 is 1. The first kappa shape index (κ1) is 19.2. The minimum Gasteiger partial charge on any atom is -0.465 e. The number of esters is 1. The number of ether oxygens (including phenoxy) is 1. The van der Waals surface area contributed by atoms with Gasteiger partial charge in [0.25, 0.3) is 0 Å². The fourth-order valence-electron chi connectivity index (χ4n) is 3.11. The summed E-state index contributed by atoms with van der Waals surface area (Å²) >= 11 is 6.29. The highest BCUT2D eigenvalue weighted by molar-refractivity contribution is 6.33. The first-order chi connectivity index (χ1) is 13.0. The first-order valence-corrected chi connectivity index (χ1v) is 9.01. The molecule has 142 valence electrons. The third kappa shape index (κ3) is 4.39. The van der Waals surface area contributed by atoms with Crippen LogP contribution in [0.3, 0.4) is 0 Å². The molecule has 0 aromatic heterocycles. The van der Waals surface area contributed by atoms with E-state index in [1.54, 1.807) is 41.3 Å². The average Bonchev–Trinajstić information content (AvgIpc) is 2.69. The molecule has 0 saturated carbocycles. The highest BCUT2D eigenvalue weighted by Gasteiger charge is 2.24. The Labute approximate surface area is 162 Å². The van der Waals surface area contributed by atoms with Crippen LogP contribution in [0.2, 0.25) is 5.02 Å². The Morgan fingerprint density at radius 3 is 2.48 bits per heavy atom. The summed E-state index contributed by atoms with van der Waals surface area (Å²) in [5.41, 5.74) is 1.56. The monoisotopic (exact) mass is 390 g/mol. The number of halogens is 2. The first-order valence-electron chi connectivity index (χ1n) is 8.63. The molecule has 1 heterocycles. The van der Waals surface area contributed by atoms with Crippen LogP contribution in [-0.2, 0) is 16.0 Å². The van der Waals surface area contributed by atoms with Gasteiger partial charge in [0.2, 0.25) is 5.91 Å². The lowest BCUT2D eigenvalue weighted by molar-refractivity contribution is -0.130. The Hall–Kier alpha value is -2.60. The van der Waals surface area contributed by atoms with Crippen LogP contribution >= 0.6 is 11.6 Å². The third-order valence-corrected chi connectivity index (χ3v) is 4.96. The van der Waals surface area contributed by atoms with E-state index in [-0.39, 0.29) is 18.1 Å². The molecule has 0 atom stereocenters. The number of nitrogens with zero attached hydrogens (tertiary/aromatic N) is 2. The van der Waals surface area contributed by atoms with E-state index in [0.717, 1.165) is 5.69 Å². The van der Waals surface area contributed by atoms with Crippen molar-refractivity contribution in [2.45, 2.75) is 6.42 Å². The van der Waals surface area contributed by atoms with Gasteiger partial charge < -0.3 is 14.5 Å². The van der Waals surface area contributed by atoms with Crippen LogP contribution < -0.4 is 4.90 Å². The summed E-state index contributed by atoms with van der Waals surface area (Å²) in [5, 5.41) is 0.536. The molecule has 2 aromatic carbocycles. The molecular weight excluding hydrogens is 371 g/mol. The van der Waals surface area contributed by atoms with Crippen molar-refractivity contribution in [3.05, 3.63) is 64.4 Å². The van der Waals surface area contributed by atoms with Crippen molar-refractivity contribution >= 4 is 29.2 Å². The molecule has 5 nitrogen and oxygen atoms in total. The van der Waals surface area contributed by atoms with Crippen molar-refractivity contribution in [3.8, 4) is 0 Å². The molecule has 0 bridgehead atoms. The quantitative estimate of drug-likeness (QED) is 0.752. The summed E-state index contributed by atoms with van der Waals surface area (Å²) in [6.07, 6.45) is 0.0469. The fraction of sp³-hybridized carbons (Fsp3) is 0.300. The number of piperazine rings is 1. The standard InChI is InChI=1S/C20H20ClFN2O3/c1-27-20(26)15-6-7-16(21)18(12-15)23-8-10-24(11-9-23)19(25)13-14-4-2-3-5-17(14)22/h2-7,12H,8-11,13H2,1H3. The van der Waals surface area contributed by atoms with Crippen molar-refractivity contribution in [1.82, 2.24) is 4.90 Å². The van der Waals surface area contributed by atoms with E-state index in [0.29, 0.717) is 42.3 Å². The van der Waals surface area contributed by atoms with Gasteiger partial charge in [0.05, 0.1) is 29.8 Å². The van der Waals surface area contributed by atoms with Crippen LogP contribution in [0.4, 0.5) is 10.1 Å². The van der Waals surface area contributed by atoms with Crippen LogP contribution in [0.1, 0.15) is 15.9 Å². The zero-order valence-electron chi connectivity index (χ0n) is 15.0. The van der Waals surface area contributed by atoms with Gasteiger partial charge in [-0.15, -0.1) is 0 Å². The van der Waals surface area contributed by atoms with Gasteiger partial charge in [0, 0.05) is 26.2 Å². The van der Waals surface area contributed by atoms with Crippen LogP contribution in [0, 0.1) is 5.82 Å². The molecule has 2 aromatic rings. The lowest BCUT2D eigenvalue weighted by atomic mass is 10.1. The maximum atomic E-state index is 13.7. The summed E-state index contributed by atoms with van der Waals surface area (Å²) in [6.45, 7) is 2.17. The molecule has 3 rings (SSSR count). The molecule has 1 aliphatic rings. The molecular formula is C20H20ClFN2O3. The predicted molar refractivity (Wildman–Crippen MR) is 102 cm³/mol. The maximum Gasteiger partial charge on any atom is 0.337 e. The molecule has 0 unspecified atom stereocenters. The highest BCUT2D eigenvalue weighted by atomic mass is 35.5. The molecule has 0 N–H and O–H groups in total. The second-order valence-electron chi connectivity index (χ2n) is 6.29. The molecule has 0 radical (unpaired) electrons. The number of amides is 1. The third-order valence-electron chi connectivity index (χ3n) is 4.64. The summed E-state index contributed by atoms with van der Waals surface area (Å²) < 4.78 is 18.5. The van der Waals surface area contributed by atoms with E-state index in [1.165, 1.54) is 13.2 Å². The number of rotatable bonds is 4. The van der Waals surface area contributed by atoms with E-state index < -0.39 is 5.97 Å². The van der Waals surface area contributed by atoms with Crippen LogP contribution in [0.5, 0.6) is 0 Å². The second-order valence-corrected chi connectivity index (χ2v) is 6.70. The largest absolute Gasteiger partial charge is 0.465 e. The Morgan fingerprint density at radius 1 is 1.11 bits per heavy atom. The van der Waals surface area contributed by atoms with Gasteiger partial charge >= 0.3 is 5.97 Å². The zero-order chi connectivity index (χ0) is 19.4. The lowest BCUT2D eigenvalue weighted by Gasteiger charge is -2.36. The molecule has 1 amide bonds. The summed E-state index contributed by atoms with van der Waals surface area (Å²) in [4.78, 5) is 28.0. The zero-order valence-corrected chi connectivity index (χ0v) is 15.7. The molecule has 1 saturated heterocycles. The van der Waals surface area contributed by atoms with Crippen molar-refractivity contribution in [3.63, 3.8) is 0 Å². The summed E-state index contributed by atoms with van der Waals surface area (Å²) in [7, 11) is 1.33. The smallest absolute Gasteiger partial charge is 0.337 e. The van der Waals surface area contributed by atoms with E-state index in [4.69, 9.17) is 16.3 Å². The Morgan fingerprint density at radius 2 is 1.81 bits per heavy atom. The van der Waals surface area contributed by atoms with Gasteiger partial charge in [-0.1, -0.05) is 29.8 Å². The fourth-order valence-corrected chi connectivity index (χ4v) is 3.35. The summed E-state index contributed by atoms with van der Waals surface area (Å²) in [6, 6.07) is 11.3. The SMILES string of the molecule is COC(=O)c1ccc(Cl)c(N2CCN(C(=O)Cc3ccccc3F)CC2)c1. The summed E-state index contributed by atoms with van der Waals surface area (Å²) in [5.74, 6) is -0.892. The van der Waals surface area contributed by atoms with Crippen LogP contribution in [-0.4, -0.2) is 50.1 Å². The molecule has 1 aliphatic heterocycles. The minimum absolute atomic E-state index is 0.0469. The Balaban J connectivity index is 1.64. The van der Waals surface area contributed by atoms with E-state index in [1.807, 2.05) is 4.90 Å². The second kappa shape index (κ2) is 8.39. The number of hydrogen-bond donors (Lipinski definition) is 0. The minimum atomic E-state index is -0.424. The molecule has 27 heavy (non-hydrogen) atoms. The number of benzene rings is 2. The normalized spacial score (nSPS) is 14.2. The topological polar surface area (TPSA) is 49.9 Å². The van der Waals surface area contributed by atoms with Crippen molar-refractivity contribution in [1.29, 1.82) is 0 Å². The van der Waals surface area contributed by atoms with E-state index >= 15 is 0 Å². The number of hydrogen-bond acceptors (Lipinski definition) is 4. The van der Waals surface area contributed by atoms with Crippen LogP contribution in [0.25, 0.3) is 0 Å². The maximum absolute atomic E-state index is 13.7. The predicted octanol–water partition coefficient (Wildman–Crippen LogP) is 3.16. The van der Waals surface area contributed by atoms with Crippen molar-refractivity contribution < 1.29 is 18.7 Å². The molecule has 0 aliphatic carbocycles. The van der Waals surface area contributed by atoms with Gasteiger partial charge in [0.1, 0.15) is 5.82 Å². The highest BCUT2D eigenvalue weighted by Crippen LogP contribution is 2.28. The van der Waals surface area contributed by atoms with Gasteiger partial charge in [-0.05, 0) is 29.8 Å². The average molecular weight is 391 g/mol. The lowest BCUT2D eigenvalue weighted by Crippen LogP contribution is -2.49. The van der Waals surface area contributed by atoms with Crippen LogP contribution in [0.15, 0.2) is 42.5 Å². The van der Waals surface area contributed by atoms with Gasteiger partial charge in [-0.3, -0.25) is 4.79 Å². The molecule has 1 fully saturated rings. The molecule has 0 spiro atoms. The number of carbonyl (C=O) groups excluding carboxylic acids is 2. The van der Waals surface area contributed by atoms with E-state index in [9.17, 15) is 14.0 Å².